The van der Waals surface area contributed by atoms with Gasteiger partial charge in [-0.3, -0.25) is 14.4 Å². The maximum absolute atomic E-state index is 14.7. The lowest BCUT2D eigenvalue weighted by Gasteiger charge is -2.30. The Bertz CT molecular complexity index is 2000. The number of carbonyl (C=O) groups excluding carboxylic acids is 4. The molecule has 45 heavy (non-hydrogen) atoms. The van der Waals surface area contributed by atoms with Crippen molar-refractivity contribution in [3.8, 4) is 11.5 Å². The number of fused-ring (bicyclic) bond motifs is 2. The van der Waals surface area contributed by atoms with Crippen molar-refractivity contribution >= 4 is 45.8 Å². The number of nitrogens with zero attached hydrogens (tertiary/aromatic N) is 1. The minimum Gasteiger partial charge on any atom is -0.454 e. The van der Waals surface area contributed by atoms with Gasteiger partial charge in [0.2, 0.25) is 6.79 Å². The second-order valence-electron chi connectivity index (χ2n) is 10.2. The summed E-state index contributed by atoms with van der Waals surface area (Å²) in [6, 6.07) is 11.3. The molecule has 0 saturated heterocycles. The molecule has 0 radical (unpaired) electrons. The molecule has 0 bridgehead atoms. The molecule has 0 aromatic heterocycles. The molecular formula is C30H14F6N2O7. The average Bonchev–Trinajstić information content (AvgIpc) is 3.55. The van der Waals surface area contributed by atoms with E-state index in [-0.39, 0.29) is 51.6 Å². The molecule has 0 spiro atoms. The van der Waals surface area contributed by atoms with Gasteiger partial charge in [-0.15, -0.1) is 0 Å². The normalized spacial score (nSPS) is 18.7. The van der Waals surface area contributed by atoms with Crippen LogP contribution >= 0.6 is 0 Å². The molecule has 4 aromatic carbocycles. The van der Waals surface area contributed by atoms with Crippen LogP contribution in [0.2, 0.25) is 0 Å². The number of alkyl halides is 6. The monoisotopic (exact) mass is 628 g/mol. The molecule has 7 rings (SSSR count). The Morgan fingerprint density at radius 2 is 1.51 bits per heavy atom. The van der Waals surface area contributed by atoms with Gasteiger partial charge >= 0.3 is 23.9 Å². The topological polar surface area (TPSA) is 111 Å². The number of amides is 3. The van der Waals surface area contributed by atoms with Crippen LogP contribution in [0.25, 0.3) is 10.8 Å². The van der Waals surface area contributed by atoms with E-state index in [1.807, 2.05) is 0 Å². The molecule has 228 valence electrons. The third kappa shape index (κ3) is 3.96. The summed E-state index contributed by atoms with van der Waals surface area (Å²) in [5.41, 5.74) is -7.29. The molecule has 1 atom stereocenters. The van der Waals surface area contributed by atoms with Crippen LogP contribution in [0.15, 0.2) is 66.7 Å². The van der Waals surface area contributed by atoms with Crippen molar-refractivity contribution in [2.75, 3.05) is 17.0 Å². The highest BCUT2D eigenvalue weighted by Gasteiger charge is 2.69. The summed E-state index contributed by atoms with van der Waals surface area (Å²) < 4.78 is 99.5. The van der Waals surface area contributed by atoms with E-state index < -0.39 is 58.3 Å². The van der Waals surface area contributed by atoms with E-state index in [2.05, 4.69) is 5.32 Å². The molecule has 1 N–H and O–H groups in total. The SMILES string of the molecule is O=C(O[C@@]1(C(F)(F)F)C(=O)Nc2cc3c(cc21)OCO3)c1ccc2c3c(cccc13)C(=O)N(c1cccc(C(F)(F)F)c1)C2=O. The van der Waals surface area contributed by atoms with E-state index in [1.165, 1.54) is 18.2 Å². The average molecular weight is 628 g/mol. The molecule has 15 heteroatoms. The first-order chi connectivity index (χ1) is 21.2. The number of imide groups is 1. The van der Waals surface area contributed by atoms with E-state index in [1.54, 1.807) is 0 Å². The lowest BCUT2D eigenvalue weighted by atomic mass is 9.90. The van der Waals surface area contributed by atoms with Gasteiger partial charge in [0.25, 0.3) is 17.7 Å². The zero-order chi connectivity index (χ0) is 32.1. The lowest BCUT2D eigenvalue weighted by molar-refractivity contribution is -0.251. The number of halogens is 6. The summed E-state index contributed by atoms with van der Waals surface area (Å²) in [5, 5.41) is 1.77. The van der Waals surface area contributed by atoms with Gasteiger partial charge in [0.15, 0.2) is 11.5 Å². The molecule has 3 aliphatic heterocycles. The largest absolute Gasteiger partial charge is 0.454 e. The standard InChI is InChI=1S/C30H14F6N2O7/c31-29(32,33)13-3-1-4-14(9-13)38-24(39)17-6-2-5-15-16(7-8-18(23(15)17)25(38)40)26(41)45-28(30(34,35)36)19-10-21-22(44-12-43-21)11-20(19)37-27(28)42/h1-11H,12H2,(H,37,42)/t28-/m1/s1. The van der Waals surface area contributed by atoms with Crippen molar-refractivity contribution in [2.45, 2.75) is 18.0 Å². The Morgan fingerprint density at radius 1 is 0.844 bits per heavy atom. The maximum atomic E-state index is 14.7. The van der Waals surface area contributed by atoms with E-state index in [0.717, 1.165) is 42.5 Å². The van der Waals surface area contributed by atoms with Crippen LogP contribution in [0.5, 0.6) is 11.5 Å². The molecule has 0 aliphatic carbocycles. The smallest absolute Gasteiger partial charge is 0.442 e. The van der Waals surface area contributed by atoms with Gasteiger partial charge in [0.05, 0.1) is 22.5 Å². The first kappa shape index (κ1) is 28.2. The van der Waals surface area contributed by atoms with Crippen LogP contribution in [-0.2, 0) is 21.3 Å². The van der Waals surface area contributed by atoms with Crippen molar-refractivity contribution < 1.29 is 59.7 Å². The summed E-state index contributed by atoms with van der Waals surface area (Å²) >= 11 is 0. The highest BCUT2D eigenvalue weighted by atomic mass is 19.4. The van der Waals surface area contributed by atoms with Gasteiger partial charge in [-0.25, -0.2) is 9.69 Å². The first-order valence-corrected chi connectivity index (χ1v) is 12.9. The predicted octanol–water partition coefficient (Wildman–Crippen LogP) is 5.95. The van der Waals surface area contributed by atoms with Crippen molar-refractivity contribution in [1.29, 1.82) is 0 Å². The van der Waals surface area contributed by atoms with Crippen LogP contribution in [-0.4, -0.2) is 36.7 Å². The number of anilines is 2. The number of ether oxygens (including phenoxy) is 3. The quantitative estimate of drug-likeness (QED) is 0.170. The molecule has 0 fully saturated rings. The Morgan fingerprint density at radius 3 is 2.20 bits per heavy atom. The van der Waals surface area contributed by atoms with E-state index >= 15 is 0 Å². The fourth-order valence-electron chi connectivity index (χ4n) is 5.63. The van der Waals surface area contributed by atoms with Gasteiger partial charge in [-0.1, -0.05) is 18.2 Å². The van der Waals surface area contributed by atoms with E-state index in [4.69, 9.17) is 14.2 Å². The van der Waals surface area contributed by atoms with Crippen LogP contribution < -0.4 is 19.7 Å². The van der Waals surface area contributed by atoms with Gasteiger partial charge in [0, 0.05) is 28.1 Å². The van der Waals surface area contributed by atoms with E-state index in [0.29, 0.717) is 11.0 Å². The summed E-state index contributed by atoms with van der Waals surface area (Å²) in [7, 11) is 0. The van der Waals surface area contributed by atoms with Crippen LogP contribution in [0.3, 0.4) is 0 Å². The van der Waals surface area contributed by atoms with Crippen LogP contribution in [0.4, 0.5) is 37.7 Å². The van der Waals surface area contributed by atoms with Gasteiger partial charge in [-0.05, 0) is 47.9 Å². The highest BCUT2D eigenvalue weighted by molar-refractivity contribution is 6.36. The van der Waals surface area contributed by atoms with Crippen LogP contribution in [0, 0.1) is 0 Å². The van der Waals surface area contributed by atoms with Gasteiger partial charge < -0.3 is 19.5 Å². The number of rotatable bonds is 3. The number of hydrogen-bond acceptors (Lipinski definition) is 7. The number of carbonyl (C=O) groups is 4. The van der Waals surface area contributed by atoms with Gasteiger partial charge in [-0.2, -0.15) is 26.3 Å². The molecule has 0 saturated carbocycles. The van der Waals surface area contributed by atoms with Crippen molar-refractivity contribution in [3.05, 3.63) is 94.5 Å². The summed E-state index contributed by atoms with van der Waals surface area (Å²) in [6.07, 6.45) is -10.2. The minimum absolute atomic E-state index is 0.0652. The zero-order valence-corrected chi connectivity index (χ0v) is 22.1. The molecule has 9 nitrogen and oxygen atoms in total. The summed E-state index contributed by atoms with van der Waals surface area (Å²) in [6.45, 7) is -0.283. The Hall–Kier alpha value is -5.60. The fraction of sp³-hybridized carbons (Fsp3) is 0.133. The Labute approximate surface area is 246 Å². The fourth-order valence-corrected chi connectivity index (χ4v) is 5.63. The molecular weight excluding hydrogens is 614 g/mol. The molecule has 3 aliphatic rings. The second-order valence-corrected chi connectivity index (χ2v) is 10.2. The van der Waals surface area contributed by atoms with E-state index in [9.17, 15) is 45.5 Å². The van der Waals surface area contributed by atoms with Crippen molar-refractivity contribution in [3.63, 3.8) is 0 Å². The number of esters is 1. The molecule has 3 heterocycles. The minimum atomic E-state index is -5.46. The number of hydrogen-bond donors (Lipinski definition) is 1. The Balaban J connectivity index is 1.32. The molecule has 3 amide bonds. The number of nitrogens with one attached hydrogen (secondary N) is 1. The van der Waals surface area contributed by atoms with Crippen molar-refractivity contribution in [2.24, 2.45) is 0 Å². The highest BCUT2D eigenvalue weighted by Crippen LogP contribution is 2.53. The molecule has 4 aromatic rings. The lowest BCUT2D eigenvalue weighted by Crippen LogP contribution is -2.51. The second kappa shape index (κ2) is 9.20. The van der Waals surface area contributed by atoms with Crippen molar-refractivity contribution in [1.82, 2.24) is 0 Å². The maximum Gasteiger partial charge on any atom is 0.442 e. The zero-order valence-electron chi connectivity index (χ0n) is 22.1. The predicted molar refractivity (Wildman–Crippen MR) is 141 cm³/mol. The third-order valence-electron chi connectivity index (χ3n) is 7.66. The Kier molecular flexibility index (Phi) is 5.76. The summed E-state index contributed by atoms with van der Waals surface area (Å²) in [5.74, 6) is -5.43. The number of benzene rings is 4. The first-order valence-electron chi connectivity index (χ1n) is 12.9. The third-order valence-corrected chi connectivity index (χ3v) is 7.66. The van der Waals surface area contributed by atoms with Crippen LogP contribution in [0.1, 0.15) is 42.2 Å². The van der Waals surface area contributed by atoms with Gasteiger partial charge in [0.1, 0.15) is 0 Å². The summed E-state index contributed by atoms with van der Waals surface area (Å²) in [4.78, 5) is 53.9. The molecule has 0 unspecified atom stereocenters.